The number of rotatable bonds is 9. The molecule has 1 atom stereocenters. The fourth-order valence-electron chi connectivity index (χ4n) is 3.16. The second-order valence-electron chi connectivity index (χ2n) is 7.33. The molecule has 0 spiro atoms. The van der Waals surface area contributed by atoms with E-state index in [9.17, 15) is 18.0 Å². The highest BCUT2D eigenvalue weighted by atomic mass is 19.2. The van der Waals surface area contributed by atoms with Gasteiger partial charge in [0.05, 0.1) is 36.8 Å². The molecule has 1 saturated heterocycles. The van der Waals surface area contributed by atoms with E-state index < -0.39 is 29.0 Å². The lowest BCUT2D eigenvalue weighted by molar-refractivity contribution is -0.161. The fraction of sp³-hybridized carbons (Fsp3) is 0.375. The molecule has 182 valence electrons. The minimum Gasteiger partial charge on any atom is -0.394 e. The Bertz CT molecular complexity index is 1050. The molecular weight excluding hydrogens is 453 g/mol. The minimum absolute atomic E-state index is 0.182. The van der Waals surface area contributed by atoms with Gasteiger partial charge in [-0.1, -0.05) is 11.8 Å². The lowest BCUT2D eigenvalue weighted by atomic mass is 10.1. The molecule has 0 aliphatic carbocycles. The normalized spacial score (nSPS) is 15.4. The van der Waals surface area contributed by atoms with Gasteiger partial charge in [0.1, 0.15) is 5.82 Å². The number of carbonyl (C=O) groups excluding carboxylic acids is 1. The summed E-state index contributed by atoms with van der Waals surface area (Å²) in [6.07, 6.45) is 3.20. The lowest BCUT2D eigenvalue weighted by Crippen LogP contribution is -2.26. The van der Waals surface area contributed by atoms with Crippen LogP contribution in [0.2, 0.25) is 0 Å². The first-order chi connectivity index (χ1) is 16.5. The summed E-state index contributed by atoms with van der Waals surface area (Å²) < 4.78 is 53.9. The van der Waals surface area contributed by atoms with E-state index in [2.05, 4.69) is 17.2 Å². The molecule has 2 aromatic carbocycles. The Labute approximate surface area is 195 Å². The zero-order valence-corrected chi connectivity index (χ0v) is 18.3. The molecule has 1 amide bonds. The highest BCUT2D eigenvalue weighted by molar-refractivity contribution is 6.00. The molecule has 3 N–H and O–H groups in total. The summed E-state index contributed by atoms with van der Waals surface area (Å²) in [5.41, 5.74) is 1.31. The van der Waals surface area contributed by atoms with Crippen molar-refractivity contribution in [3.63, 3.8) is 0 Å². The minimum atomic E-state index is -1.36. The maximum absolute atomic E-state index is 14.6. The summed E-state index contributed by atoms with van der Waals surface area (Å²) >= 11 is 0. The van der Waals surface area contributed by atoms with Gasteiger partial charge in [-0.05, 0) is 49.6 Å². The number of benzene rings is 2. The quantitative estimate of drug-likeness (QED) is 0.289. The van der Waals surface area contributed by atoms with Crippen LogP contribution in [0, 0.1) is 29.3 Å². The van der Waals surface area contributed by atoms with Gasteiger partial charge < -0.3 is 19.9 Å². The Hall–Kier alpha value is -3.10. The van der Waals surface area contributed by atoms with Gasteiger partial charge in [0.25, 0.3) is 5.91 Å². The van der Waals surface area contributed by atoms with Gasteiger partial charge in [-0.3, -0.25) is 9.63 Å². The molecule has 34 heavy (non-hydrogen) atoms. The van der Waals surface area contributed by atoms with E-state index >= 15 is 0 Å². The number of hydroxylamine groups is 1. The highest BCUT2D eigenvalue weighted by Gasteiger charge is 2.20. The number of nitrogens with one attached hydrogen (secondary N) is 2. The van der Waals surface area contributed by atoms with Crippen molar-refractivity contribution >= 4 is 17.3 Å². The Kier molecular flexibility index (Phi) is 9.73. The zero-order valence-electron chi connectivity index (χ0n) is 18.3. The summed E-state index contributed by atoms with van der Waals surface area (Å²) in [6, 6.07) is 5.74. The van der Waals surface area contributed by atoms with Crippen LogP contribution in [0.1, 0.15) is 41.6 Å². The monoisotopic (exact) mass is 478 g/mol. The van der Waals surface area contributed by atoms with E-state index in [1.54, 1.807) is 0 Å². The molecule has 7 nitrogen and oxygen atoms in total. The standard InChI is InChI=1S/C24H25F3N2O5/c25-18-9-8-17(24(31)29-34-14-11-30)23(22(18)27)28-20-10-7-16(15-19(20)26)5-1-3-12-32-21-6-2-4-13-33-21/h7-10,15,21,28,30H,2-4,6,11-14H2,(H,29,31). The smallest absolute Gasteiger partial charge is 0.277 e. The third-order valence-electron chi connectivity index (χ3n) is 4.83. The van der Waals surface area contributed by atoms with E-state index in [0.717, 1.165) is 37.5 Å². The van der Waals surface area contributed by atoms with Gasteiger partial charge in [-0.2, -0.15) is 0 Å². The van der Waals surface area contributed by atoms with Crippen LogP contribution >= 0.6 is 0 Å². The number of aliphatic hydroxyl groups excluding tert-OH is 1. The first-order valence-electron chi connectivity index (χ1n) is 10.8. The Balaban J connectivity index is 1.65. The Morgan fingerprint density at radius 3 is 2.74 bits per heavy atom. The number of amides is 1. The summed E-state index contributed by atoms with van der Waals surface area (Å²) in [5, 5.41) is 11.1. The van der Waals surface area contributed by atoms with Crippen LogP contribution in [-0.2, 0) is 14.3 Å². The van der Waals surface area contributed by atoms with Crippen LogP contribution < -0.4 is 10.8 Å². The van der Waals surface area contributed by atoms with Crippen molar-refractivity contribution < 1.29 is 37.4 Å². The van der Waals surface area contributed by atoms with Crippen molar-refractivity contribution in [1.29, 1.82) is 0 Å². The average Bonchev–Trinajstić information content (AvgIpc) is 2.84. The molecule has 0 radical (unpaired) electrons. The first-order valence-corrected chi connectivity index (χ1v) is 10.8. The van der Waals surface area contributed by atoms with Crippen LogP contribution in [0.3, 0.4) is 0 Å². The Morgan fingerprint density at radius 2 is 2.00 bits per heavy atom. The summed E-state index contributed by atoms with van der Waals surface area (Å²) in [4.78, 5) is 16.9. The number of halogens is 3. The molecule has 2 aromatic rings. The molecule has 1 aliphatic rings. The van der Waals surface area contributed by atoms with E-state index in [4.69, 9.17) is 19.4 Å². The maximum atomic E-state index is 14.6. The van der Waals surface area contributed by atoms with Gasteiger partial charge in [0.2, 0.25) is 0 Å². The summed E-state index contributed by atoms with van der Waals surface area (Å²) in [7, 11) is 0. The molecular formula is C24H25F3N2O5. The van der Waals surface area contributed by atoms with Crippen molar-refractivity contribution in [3.05, 3.63) is 58.9 Å². The van der Waals surface area contributed by atoms with Gasteiger partial charge in [0, 0.05) is 18.6 Å². The van der Waals surface area contributed by atoms with Crippen LogP contribution in [0.5, 0.6) is 0 Å². The third-order valence-corrected chi connectivity index (χ3v) is 4.83. The molecule has 1 heterocycles. The van der Waals surface area contributed by atoms with Crippen molar-refractivity contribution in [2.75, 3.05) is 31.7 Å². The third kappa shape index (κ3) is 7.20. The van der Waals surface area contributed by atoms with Crippen molar-refractivity contribution in [2.24, 2.45) is 0 Å². The maximum Gasteiger partial charge on any atom is 0.277 e. The van der Waals surface area contributed by atoms with Crippen molar-refractivity contribution in [2.45, 2.75) is 32.0 Å². The lowest BCUT2D eigenvalue weighted by Gasteiger charge is -2.22. The SMILES string of the molecule is O=C(NOCCO)c1ccc(F)c(F)c1Nc1ccc(C#CCCOC2CCCCO2)cc1F. The number of anilines is 2. The van der Waals surface area contributed by atoms with Crippen molar-refractivity contribution in [1.82, 2.24) is 5.48 Å². The number of aliphatic hydroxyl groups is 1. The number of hydrogen-bond donors (Lipinski definition) is 3. The van der Waals surface area contributed by atoms with Crippen LogP contribution in [0.4, 0.5) is 24.5 Å². The van der Waals surface area contributed by atoms with Gasteiger partial charge in [0.15, 0.2) is 17.9 Å². The Morgan fingerprint density at radius 1 is 1.15 bits per heavy atom. The molecule has 0 bridgehead atoms. The largest absolute Gasteiger partial charge is 0.394 e. The molecule has 1 aliphatic heterocycles. The second-order valence-corrected chi connectivity index (χ2v) is 7.33. The number of carbonyl (C=O) groups is 1. The van der Waals surface area contributed by atoms with E-state index in [1.165, 1.54) is 12.1 Å². The van der Waals surface area contributed by atoms with Gasteiger partial charge in [-0.15, -0.1) is 0 Å². The molecule has 0 saturated carbocycles. The highest BCUT2D eigenvalue weighted by Crippen LogP contribution is 2.28. The fourth-order valence-corrected chi connectivity index (χ4v) is 3.16. The first kappa shape index (κ1) is 25.5. The molecule has 1 unspecified atom stereocenters. The van der Waals surface area contributed by atoms with Crippen LogP contribution in [0.25, 0.3) is 0 Å². The van der Waals surface area contributed by atoms with Gasteiger partial charge in [-0.25, -0.2) is 18.7 Å². The summed E-state index contributed by atoms with van der Waals surface area (Å²) in [5.74, 6) is 1.45. The topological polar surface area (TPSA) is 89.1 Å². The van der Waals surface area contributed by atoms with Crippen LogP contribution in [0.15, 0.2) is 30.3 Å². The average molecular weight is 478 g/mol. The number of hydrogen-bond acceptors (Lipinski definition) is 6. The molecule has 0 aromatic heterocycles. The zero-order chi connectivity index (χ0) is 24.3. The predicted octanol–water partition coefficient (Wildman–Crippen LogP) is 3.79. The predicted molar refractivity (Wildman–Crippen MR) is 118 cm³/mol. The molecule has 3 rings (SSSR count). The molecule has 10 heteroatoms. The van der Waals surface area contributed by atoms with E-state index in [1.807, 2.05) is 5.48 Å². The summed E-state index contributed by atoms with van der Waals surface area (Å²) in [6.45, 7) is 0.534. The van der Waals surface area contributed by atoms with E-state index in [-0.39, 0.29) is 30.8 Å². The molecule has 1 fully saturated rings. The van der Waals surface area contributed by atoms with E-state index in [0.29, 0.717) is 25.2 Å². The number of ether oxygens (including phenoxy) is 2. The van der Waals surface area contributed by atoms with Gasteiger partial charge >= 0.3 is 0 Å². The van der Waals surface area contributed by atoms with Crippen LogP contribution in [-0.4, -0.2) is 43.7 Å². The second kappa shape index (κ2) is 13.0. The van der Waals surface area contributed by atoms with Crippen molar-refractivity contribution in [3.8, 4) is 11.8 Å².